The summed E-state index contributed by atoms with van der Waals surface area (Å²) in [6.45, 7) is -0.121. The quantitative estimate of drug-likeness (QED) is 0.213. The van der Waals surface area contributed by atoms with Crippen LogP contribution in [0.15, 0.2) is 48.5 Å². The molecule has 34 heavy (non-hydrogen) atoms. The average Bonchev–Trinajstić information content (AvgIpc) is 3.43. The van der Waals surface area contributed by atoms with Crippen LogP contribution in [-0.4, -0.2) is 42.3 Å². The number of rotatable bonds is 5. The van der Waals surface area contributed by atoms with Gasteiger partial charge in [-0.25, -0.2) is 5.01 Å². The molecule has 2 bridgehead atoms. The summed E-state index contributed by atoms with van der Waals surface area (Å²) in [6, 6.07) is 12.1. The van der Waals surface area contributed by atoms with E-state index in [1.54, 1.807) is 18.2 Å². The Hall–Kier alpha value is -2.30. The lowest BCUT2D eigenvalue weighted by Crippen LogP contribution is -2.50. The zero-order valence-electron chi connectivity index (χ0n) is 17.5. The number of carbonyl (C=O) groups is 3. The number of imide groups is 1. The Bertz CT molecular complexity index is 1180. The minimum Gasteiger partial charge on any atom is -0.272 e. The Morgan fingerprint density at radius 2 is 1.59 bits per heavy atom. The third kappa shape index (κ3) is 3.58. The SMILES string of the molecule is O=C(c1ccccc1Cl)N(Cc1ccc([N+](=O)[O-])cc1)N1C(=O)[C@@H]2[C@H]3C[C@@H]([C@H](Br)[C@@H]3Br)[C@@H]2C1=O. The molecule has 0 unspecified atom stereocenters. The predicted molar refractivity (Wildman–Crippen MR) is 130 cm³/mol. The van der Waals surface area contributed by atoms with Gasteiger partial charge in [0.25, 0.3) is 23.4 Å². The molecule has 0 spiro atoms. The van der Waals surface area contributed by atoms with Crippen molar-refractivity contribution in [2.24, 2.45) is 23.7 Å². The van der Waals surface area contributed by atoms with E-state index in [1.807, 2.05) is 0 Å². The Balaban J connectivity index is 1.53. The smallest absolute Gasteiger partial charge is 0.272 e. The summed E-state index contributed by atoms with van der Waals surface area (Å²) in [5, 5.41) is 13.3. The summed E-state index contributed by atoms with van der Waals surface area (Å²) < 4.78 is 0. The molecule has 0 N–H and O–H groups in total. The van der Waals surface area contributed by atoms with Crippen LogP contribution in [0.4, 0.5) is 5.69 Å². The van der Waals surface area contributed by atoms with E-state index in [2.05, 4.69) is 31.9 Å². The third-order valence-electron chi connectivity index (χ3n) is 7.02. The highest BCUT2D eigenvalue weighted by atomic mass is 79.9. The van der Waals surface area contributed by atoms with Gasteiger partial charge in [-0.2, -0.15) is 5.01 Å². The number of hydrogen-bond donors (Lipinski definition) is 0. The van der Waals surface area contributed by atoms with Crippen molar-refractivity contribution < 1.29 is 19.3 Å². The van der Waals surface area contributed by atoms with E-state index in [0.29, 0.717) is 5.56 Å². The second kappa shape index (κ2) is 8.73. The maximum absolute atomic E-state index is 13.6. The van der Waals surface area contributed by atoms with E-state index in [0.717, 1.165) is 16.4 Å². The lowest BCUT2D eigenvalue weighted by atomic mass is 9.81. The van der Waals surface area contributed by atoms with Gasteiger partial charge in [-0.3, -0.25) is 24.5 Å². The van der Waals surface area contributed by atoms with Gasteiger partial charge in [0.2, 0.25) is 0 Å². The van der Waals surface area contributed by atoms with Crippen LogP contribution in [-0.2, 0) is 16.1 Å². The molecular formula is C23H18Br2ClN3O5. The number of carbonyl (C=O) groups excluding carboxylic acids is 3. The van der Waals surface area contributed by atoms with Crippen molar-refractivity contribution in [1.29, 1.82) is 0 Å². The van der Waals surface area contributed by atoms with E-state index in [4.69, 9.17) is 11.6 Å². The summed E-state index contributed by atoms with van der Waals surface area (Å²) >= 11 is 13.6. The number of nitro groups is 1. The number of halogens is 3. The van der Waals surface area contributed by atoms with Crippen LogP contribution in [0.2, 0.25) is 5.02 Å². The molecule has 2 aliphatic carbocycles. The molecule has 1 heterocycles. The van der Waals surface area contributed by atoms with Crippen LogP contribution < -0.4 is 0 Å². The van der Waals surface area contributed by atoms with Crippen molar-refractivity contribution in [3.63, 3.8) is 0 Å². The van der Waals surface area contributed by atoms with Crippen LogP contribution >= 0.6 is 43.5 Å². The number of alkyl halides is 2. The maximum Gasteiger partial charge on any atom is 0.274 e. The number of hydrogen-bond acceptors (Lipinski definition) is 5. The summed E-state index contributed by atoms with van der Waals surface area (Å²) in [6.07, 6.45) is 0.771. The van der Waals surface area contributed by atoms with Crippen LogP contribution in [0.25, 0.3) is 0 Å². The molecule has 11 heteroatoms. The molecule has 0 aromatic heterocycles. The Morgan fingerprint density at radius 3 is 2.12 bits per heavy atom. The van der Waals surface area contributed by atoms with Crippen LogP contribution in [0.1, 0.15) is 22.3 Å². The third-order valence-corrected chi connectivity index (χ3v) is 10.6. The fraction of sp³-hybridized carbons (Fsp3) is 0.348. The number of nitrogens with zero attached hydrogens (tertiary/aromatic N) is 3. The first-order chi connectivity index (χ1) is 16.2. The van der Waals surface area contributed by atoms with Crippen molar-refractivity contribution in [3.8, 4) is 0 Å². The van der Waals surface area contributed by atoms with Gasteiger partial charge >= 0.3 is 0 Å². The highest BCUT2D eigenvalue weighted by molar-refractivity contribution is 9.12. The largest absolute Gasteiger partial charge is 0.274 e. The number of nitro benzene ring substituents is 1. The number of fused-ring (bicyclic) bond motifs is 5. The summed E-state index contributed by atoms with van der Waals surface area (Å²) in [4.78, 5) is 51.4. The molecule has 5 rings (SSSR count). The molecule has 176 valence electrons. The van der Waals surface area contributed by atoms with Gasteiger partial charge in [0, 0.05) is 21.8 Å². The number of hydrazine groups is 1. The van der Waals surface area contributed by atoms with Gasteiger partial charge in [-0.05, 0) is 36.0 Å². The first-order valence-electron chi connectivity index (χ1n) is 10.7. The van der Waals surface area contributed by atoms with E-state index < -0.39 is 34.5 Å². The van der Waals surface area contributed by atoms with Gasteiger partial charge in [0.05, 0.1) is 33.9 Å². The van der Waals surface area contributed by atoms with Crippen molar-refractivity contribution in [3.05, 3.63) is 74.8 Å². The van der Waals surface area contributed by atoms with Crippen LogP contribution in [0.3, 0.4) is 0 Å². The minimum atomic E-state index is -0.594. The fourth-order valence-electron chi connectivity index (χ4n) is 5.47. The first-order valence-corrected chi connectivity index (χ1v) is 12.9. The van der Waals surface area contributed by atoms with Gasteiger partial charge < -0.3 is 0 Å². The Morgan fingerprint density at radius 1 is 1.03 bits per heavy atom. The van der Waals surface area contributed by atoms with Crippen LogP contribution in [0.5, 0.6) is 0 Å². The van der Waals surface area contributed by atoms with E-state index in [1.165, 1.54) is 30.3 Å². The van der Waals surface area contributed by atoms with E-state index >= 15 is 0 Å². The standard InChI is InChI=1S/C23H18Br2ClN3O5/c24-19-14-9-15(20(19)25)18-17(14)22(31)28(23(18)32)27(21(30)13-3-1-2-4-16(13)26)10-11-5-7-12(8-6-11)29(33)34/h1-8,14-15,17-20H,9-10H2/t14-,15-,17-,18+,19-,20+/m1/s1. The van der Waals surface area contributed by atoms with E-state index in [-0.39, 0.29) is 44.3 Å². The molecule has 2 aromatic carbocycles. The first kappa shape index (κ1) is 23.4. The number of amides is 3. The Labute approximate surface area is 216 Å². The second-order valence-corrected chi connectivity index (χ2v) is 11.3. The van der Waals surface area contributed by atoms with Crippen molar-refractivity contribution in [1.82, 2.24) is 10.0 Å². The summed E-state index contributed by atoms with van der Waals surface area (Å²) in [5.74, 6) is -2.37. The lowest BCUT2D eigenvalue weighted by molar-refractivity contribution is -0.384. The molecule has 3 fully saturated rings. The number of non-ortho nitro benzene ring substituents is 1. The maximum atomic E-state index is 13.6. The molecule has 1 aliphatic heterocycles. The Kier molecular flexibility index (Phi) is 6.02. The highest BCUT2D eigenvalue weighted by Gasteiger charge is 2.67. The monoisotopic (exact) mass is 609 g/mol. The van der Waals surface area contributed by atoms with Crippen molar-refractivity contribution in [2.45, 2.75) is 22.6 Å². The highest BCUT2D eigenvalue weighted by Crippen LogP contribution is 2.60. The molecule has 3 amide bonds. The average molecular weight is 612 g/mol. The topological polar surface area (TPSA) is 101 Å². The molecule has 6 atom stereocenters. The van der Waals surface area contributed by atoms with Gasteiger partial charge in [-0.15, -0.1) is 0 Å². The second-order valence-electron chi connectivity index (χ2n) is 8.76. The number of benzene rings is 2. The van der Waals surface area contributed by atoms with Crippen LogP contribution in [0, 0.1) is 33.8 Å². The van der Waals surface area contributed by atoms with Gasteiger partial charge in [0.15, 0.2) is 0 Å². The van der Waals surface area contributed by atoms with Gasteiger partial charge in [-0.1, -0.05) is 67.7 Å². The molecule has 2 saturated carbocycles. The zero-order chi connectivity index (χ0) is 24.3. The van der Waals surface area contributed by atoms with E-state index in [9.17, 15) is 24.5 Å². The lowest BCUT2D eigenvalue weighted by Gasteiger charge is -2.31. The molecular weight excluding hydrogens is 594 g/mol. The molecule has 1 saturated heterocycles. The predicted octanol–water partition coefficient (Wildman–Crippen LogP) is 4.58. The molecule has 3 aliphatic rings. The van der Waals surface area contributed by atoms with Gasteiger partial charge in [0.1, 0.15) is 0 Å². The zero-order valence-corrected chi connectivity index (χ0v) is 21.4. The fourth-order valence-corrected chi connectivity index (χ4v) is 7.56. The summed E-state index contributed by atoms with van der Waals surface area (Å²) in [7, 11) is 0. The normalized spacial score (nSPS) is 29.4. The molecule has 2 aromatic rings. The molecule has 0 radical (unpaired) electrons. The molecule has 8 nitrogen and oxygen atoms in total. The van der Waals surface area contributed by atoms with Crippen molar-refractivity contribution >= 4 is 66.9 Å². The minimum absolute atomic E-state index is 0.00235. The van der Waals surface area contributed by atoms with Crippen molar-refractivity contribution in [2.75, 3.05) is 0 Å². The summed E-state index contributed by atoms with van der Waals surface area (Å²) in [5.41, 5.74) is 0.589.